The highest BCUT2D eigenvalue weighted by Crippen LogP contribution is 2.44. The molecule has 23 heavy (non-hydrogen) atoms. The largest absolute Gasteiger partial charge is 0.501 e. The van der Waals surface area contributed by atoms with Gasteiger partial charge < -0.3 is 13.7 Å². The molecule has 9 nitrogen and oxygen atoms in total. The lowest BCUT2D eigenvalue weighted by atomic mass is 10.1. The monoisotopic (exact) mass is 365 g/mol. The molecule has 2 rings (SSSR count). The van der Waals surface area contributed by atoms with Gasteiger partial charge in [-0.3, -0.25) is 5.73 Å². The Morgan fingerprint density at radius 1 is 1.35 bits per heavy atom. The minimum atomic E-state index is -4.17. The Kier molecular flexibility index (Phi) is 4.26. The SMILES string of the molecule is CCN(C(C)(N)Nc1c(C)ccc2c1OS(=O)(=O)O2)S(C)(=O)=O. The van der Waals surface area contributed by atoms with Crippen LogP contribution in [0.2, 0.25) is 0 Å². The van der Waals surface area contributed by atoms with E-state index >= 15 is 0 Å². The molecule has 1 aromatic carbocycles. The van der Waals surface area contributed by atoms with Crippen molar-refractivity contribution in [2.24, 2.45) is 5.73 Å². The maximum absolute atomic E-state index is 11.9. The Morgan fingerprint density at radius 3 is 2.48 bits per heavy atom. The summed E-state index contributed by atoms with van der Waals surface area (Å²) in [4.78, 5) is 0. The van der Waals surface area contributed by atoms with E-state index in [1.165, 1.54) is 13.0 Å². The number of sulfonamides is 1. The molecule has 1 aromatic rings. The molecule has 0 bridgehead atoms. The third-order valence-corrected chi connectivity index (χ3v) is 5.48. The van der Waals surface area contributed by atoms with Crippen LogP contribution in [0.25, 0.3) is 0 Å². The molecule has 1 unspecified atom stereocenters. The summed E-state index contributed by atoms with van der Waals surface area (Å²) >= 11 is 0. The van der Waals surface area contributed by atoms with Gasteiger partial charge >= 0.3 is 10.4 Å². The van der Waals surface area contributed by atoms with Crippen LogP contribution < -0.4 is 19.4 Å². The van der Waals surface area contributed by atoms with E-state index in [-0.39, 0.29) is 23.7 Å². The summed E-state index contributed by atoms with van der Waals surface area (Å²) in [6, 6.07) is 3.06. The standard InChI is InChI=1S/C12H19N3O6S2/c1-5-15(22(4,16)17)12(3,13)14-10-8(2)6-7-9-11(10)21-23(18,19)20-9/h6-7,14H,5,13H2,1-4H3. The number of nitrogens with one attached hydrogen (secondary N) is 1. The molecule has 1 aliphatic heterocycles. The van der Waals surface area contributed by atoms with E-state index in [0.717, 1.165) is 10.6 Å². The van der Waals surface area contributed by atoms with E-state index in [4.69, 9.17) is 14.1 Å². The Bertz CT molecular complexity index is 833. The summed E-state index contributed by atoms with van der Waals surface area (Å²) in [6.07, 6.45) is 1.04. The molecule has 0 aliphatic carbocycles. The number of nitrogens with zero attached hydrogens (tertiary/aromatic N) is 1. The van der Waals surface area contributed by atoms with E-state index in [9.17, 15) is 16.8 Å². The molecule has 130 valence electrons. The molecule has 3 N–H and O–H groups in total. The highest BCUT2D eigenvalue weighted by molar-refractivity contribution is 7.88. The summed E-state index contributed by atoms with van der Waals surface area (Å²) in [5, 5.41) is 2.84. The predicted molar refractivity (Wildman–Crippen MR) is 84.8 cm³/mol. The Balaban J connectivity index is 2.48. The Labute approximate surface area is 135 Å². The van der Waals surface area contributed by atoms with Crippen LogP contribution in [0.3, 0.4) is 0 Å². The minimum absolute atomic E-state index is 0.0105. The summed E-state index contributed by atoms with van der Waals surface area (Å²) in [5.74, 6) is -1.54. The number of hydrogen-bond acceptors (Lipinski definition) is 8. The van der Waals surface area contributed by atoms with Gasteiger partial charge in [-0.15, -0.1) is 8.42 Å². The first-order valence-electron chi connectivity index (χ1n) is 6.70. The zero-order chi connectivity index (χ0) is 17.6. The average Bonchev–Trinajstić information content (AvgIpc) is 2.66. The minimum Gasteiger partial charge on any atom is -0.351 e. The zero-order valence-corrected chi connectivity index (χ0v) is 14.8. The Morgan fingerprint density at radius 2 is 1.96 bits per heavy atom. The number of benzene rings is 1. The van der Waals surface area contributed by atoms with Crippen molar-refractivity contribution in [1.82, 2.24) is 4.31 Å². The first-order chi connectivity index (χ1) is 10.4. The number of rotatable bonds is 5. The average molecular weight is 365 g/mol. The third kappa shape index (κ3) is 3.52. The maximum Gasteiger partial charge on any atom is 0.501 e. The molecule has 1 atom stereocenters. The topological polar surface area (TPSA) is 128 Å². The van der Waals surface area contributed by atoms with Crippen molar-refractivity contribution in [1.29, 1.82) is 0 Å². The summed E-state index contributed by atoms with van der Waals surface area (Å²) in [5.41, 5.74) is 6.97. The van der Waals surface area contributed by atoms with Gasteiger partial charge in [-0.2, -0.15) is 4.31 Å². The van der Waals surface area contributed by atoms with Crippen LogP contribution in [0.15, 0.2) is 12.1 Å². The number of aryl methyl sites for hydroxylation is 1. The van der Waals surface area contributed by atoms with E-state index in [1.807, 2.05) is 0 Å². The highest BCUT2D eigenvalue weighted by atomic mass is 32.3. The van der Waals surface area contributed by atoms with Gasteiger partial charge in [0.05, 0.1) is 11.9 Å². The van der Waals surface area contributed by atoms with Crippen LogP contribution in [0.5, 0.6) is 11.5 Å². The van der Waals surface area contributed by atoms with Crippen molar-refractivity contribution in [2.75, 3.05) is 18.1 Å². The van der Waals surface area contributed by atoms with Crippen LogP contribution in [0.1, 0.15) is 19.4 Å². The molecule has 0 saturated heterocycles. The van der Waals surface area contributed by atoms with E-state index in [2.05, 4.69) is 5.32 Å². The molecule has 0 fully saturated rings. The van der Waals surface area contributed by atoms with Crippen molar-refractivity contribution < 1.29 is 25.2 Å². The van der Waals surface area contributed by atoms with Gasteiger partial charge in [0.1, 0.15) is 0 Å². The smallest absolute Gasteiger partial charge is 0.351 e. The molecule has 1 heterocycles. The fraction of sp³-hybridized carbons (Fsp3) is 0.500. The molecule has 0 saturated carbocycles. The number of hydrogen-bond donors (Lipinski definition) is 2. The van der Waals surface area contributed by atoms with Crippen LogP contribution in [0.4, 0.5) is 5.69 Å². The zero-order valence-electron chi connectivity index (χ0n) is 13.2. The van der Waals surface area contributed by atoms with Crippen LogP contribution in [0, 0.1) is 6.92 Å². The molecular formula is C12H19N3O6S2. The number of nitrogens with two attached hydrogens (primary N) is 1. The summed E-state index contributed by atoms with van der Waals surface area (Å²) < 4.78 is 57.2. The van der Waals surface area contributed by atoms with Crippen LogP contribution in [-0.2, 0) is 20.4 Å². The fourth-order valence-electron chi connectivity index (χ4n) is 2.42. The van der Waals surface area contributed by atoms with Crippen molar-refractivity contribution >= 4 is 26.1 Å². The van der Waals surface area contributed by atoms with Crippen LogP contribution in [-0.4, -0.2) is 39.7 Å². The van der Waals surface area contributed by atoms with Crippen LogP contribution >= 0.6 is 0 Å². The second-order valence-corrected chi connectivity index (χ2v) is 8.42. The first kappa shape index (κ1) is 17.8. The lowest BCUT2D eigenvalue weighted by molar-refractivity contribution is 0.256. The second-order valence-electron chi connectivity index (χ2n) is 5.36. The van der Waals surface area contributed by atoms with Gasteiger partial charge in [-0.05, 0) is 25.5 Å². The highest BCUT2D eigenvalue weighted by Gasteiger charge is 2.37. The van der Waals surface area contributed by atoms with Gasteiger partial charge in [0.15, 0.2) is 11.5 Å². The molecule has 0 radical (unpaired) electrons. The van der Waals surface area contributed by atoms with Crippen molar-refractivity contribution in [3.63, 3.8) is 0 Å². The Hall–Kier alpha value is -1.56. The van der Waals surface area contributed by atoms with E-state index < -0.39 is 26.2 Å². The lowest BCUT2D eigenvalue weighted by Crippen LogP contribution is -2.61. The van der Waals surface area contributed by atoms with Gasteiger partial charge in [-0.25, -0.2) is 8.42 Å². The lowest BCUT2D eigenvalue weighted by Gasteiger charge is -2.37. The maximum atomic E-state index is 11.9. The van der Waals surface area contributed by atoms with Crippen molar-refractivity contribution in [3.05, 3.63) is 17.7 Å². The normalized spacial score (nSPS) is 18.7. The van der Waals surface area contributed by atoms with E-state index in [1.54, 1.807) is 19.9 Å². The molecular weight excluding hydrogens is 346 g/mol. The molecule has 1 aliphatic rings. The van der Waals surface area contributed by atoms with Crippen molar-refractivity contribution in [2.45, 2.75) is 26.6 Å². The molecule has 11 heteroatoms. The second kappa shape index (κ2) is 5.51. The number of fused-ring (bicyclic) bond motifs is 1. The van der Waals surface area contributed by atoms with Gasteiger partial charge in [-0.1, -0.05) is 13.0 Å². The summed E-state index contributed by atoms with van der Waals surface area (Å²) in [7, 11) is -7.75. The predicted octanol–water partition coefficient (Wildman–Crippen LogP) is 0.337. The van der Waals surface area contributed by atoms with Gasteiger partial charge in [0.2, 0.25) is 15.8 Å². The molecule has 0 aromatic heterocycles. The third-order valence-electron chi connectivity index (χ3n) is 3.29. The molecule has 0 amide bonds. The first-order valence-corrected chi connectivity index (χ1v) is 9.88. The molecule has 0 spiro atoms. The van der Waals surface area contributed by atoms with Gasteiger partial charge in [0.25, 0.3) is 0 Å². The number of anilines is 1. The van der Waals surface area contributed by atoms with Gasteiger partial charge in [0, 0.05) is 6.54 Å². The fourth-order valence-corrected chi connectivity index (χ4v) is 4.38. The summed E-state index contributed by atoms with van der Waals surface area (Å²) in [6.45, 7) is 4.92. The van der Waals surface area contributed by atoms with Crippen molar-refractivity contribution in [3.8, 4) is 11.5 Å². The quantitative estimate of drug-likeness (QED) is 0.715. The van der Waals surface area contributed by atoms with E-state index in [0.29, 0.717) is 5.56 Å².